The summed E-state index contributed by atoms with van der Waals surface area (Å²) in [7, 11) is 0. The predicted molar refractivity (Wildman–Crippen MR) is 79.1 cm³/mol. The molecular weight excluding hydrogens is 244 g/mol. The number of thiocarbonyl (C=S) groups is 1. The Morgan fingerprint density at radius 3 is 2.72 bits per heavy atom. The zero-order valence-electron chi connectivity index (χ0n) is 10.8. The summed E-state index contributed by atoms with van der Waals surface area (Å²) < 4.78 is 0. The summed E-state index contributed by atoms with van der Waals surface area (Å²) in [5.41, 5.74) is 6.55. The first-order chi connectivity index (χ1) is 8.70. The van der Waals surface area contributed by atoms with Gasteiger partial charge in [-0.15, -0.1) is 0 Å². The van der Waals surface area contributed by atoms with Crippen LogP contribution in [-0.4, -0.2) is 47.6 Å². The number of hydrogen-bond donors (Lipinski definition) is 1. The van der Waals surface area contributed by atoms with Gasteiger partial charge in [-0.25, -0.2) is 4.98 Å². The van der Waals surface area contributed by atoms with E-state index in [2.05, 4.69) is 21.7 Å². The highest BCUT2D eigenvalue weighted by molar-refractivity contribution is 7.80. The van der Waals surface area contributed by atoms with Crippen molar-refractivity contribution in [2.24, 2.45) is 5.73 Å². The third kappa shape index (κ3) is 3.17. The summed E-state index contributed by atoms with van der Waals surface area (Å²) in [4.78, 5) is 9.64. The minimum Gasteiger partial charge on any atom is -0.389 e. The standard InChI is InChI=1S/C13H20N4S/c1-2-5-16-6-8-17(9-7-16)12-10-11(13(14)18)3-4-15-12/h3-4,10H,2,5-9H2,1H3,(H2,14,18). The van der Waals surface area contributed by atoms with Gasteiger partial charge in [-0.3, -0.25) is 4.90 Å². The second kappa shape index (κ2) is 6.11. The van der Waals surface area contributed by atoms with E-state index in [9.17, 15) is 0 Å². The largest absolute Gasteiger partial charge is 0.389 e. The molecule has 0 spiro atoms. The fourth-order valence-electron chi connectivity index (χ4n) is 2.26. The van der Waals surface area contributed by atoms with Crippen molar-refractivity contribution < 1.29 is 0 Å². The predicted octanol–water partition coefficient (Wildman–Crippen LogP) is 1.25. The fourth-order valence-corrected chi connectivity index (χ4v) is 2.39. The molecule has 1 aromatic heterocycles. The third-order valence-corrected chi connectivity index (χ3v) is 3.50. The first kappa shape index (κ1) is 13.2. The van der Waals surface area contributed by atoms with Crippen LogP contribution in [0.15, 0.2) is 18.3 Å². The van der Waals surface area contributed by atoms with Gasteiger partial charge in [0.25, 0.3) is 0 Å². The number of anilines is 1. The molecule has 2 heterocycles. The van der Waals surface area contributed by atoms with Crippen LogP contribution in [0.25, 0.3) is 0 Å². The lowest BCUT2D eigenvalue weighted by molar-refractivity contribution is 0.258. The lowest BCUT2D eigenvalue weighted by Crippen LogP contribution is -2.46. The van der Waals surface area contributed by atoms with Gasteiger partial charge in [0.2, 0.25) is 0 Å². The van der Waals surface area contributed by atoms with Gasteiger partial charge < -0.3 is 10.6 Å². The number of pyridine rings is 1. The Labute approximate surface area is 114 Å². The zero-order valence-corrected chi connectivity index (χ0v) is 11.6. The van der Waals surface area contributed by atoms with Gasteiger partial charge in [0.15, 0.2) is 0 Å². The summed E-state index contributed by atoms with van der Waals surface area (Å²) in [5.74, 6) is 0.983. The highest BCUT2D eigenvalue weighted by Crippen LogP contribution is 2.15. The third-order valence-electron chi connectivity index (χ3n) is 3.27. The topological polar surface area (TPSA) is 45.4 Å². The van der Waals surface area contributed by atoms with Gasteiger partial charge in [0, 0.05) is 37.9 Å². The van der Waals surface area contributed by atoms with Crippen LogP contribution >= 0.6 is 12.2 Å². The van der Waals surface area contributed by atoms with E-state index in [1.165, 1.54) is 13.0 Å². The van der Waals surface area contributed by atoms with Crippen molar-refractivity contribution in [3.8, 4) is 0 Å². The molecule has 98 valence electrons. The number of nitrogens with zero attached hydrogens (tertiary/aromatic N) is 3. The minimum atomic E-state index is 0.434. The van der Waals surface area contributed by atoms with Crippen molar-refractivity contribution in [3.05, 3.63) is 23.9 Å². The molecule has 0 atom stereocenters. The molecule has 5 heteroatoms. The average Bonchev–Trinajstić information content (AvgIpc) is 2.40. The molecule has 2 N–H and O–H groups in total. The second-order valence-corrected chi connectivity index (χ2v) is 5.04. The van der Waals surface area contributed by atoms with Crippen LogP contribution in [0.5, 0.6) is 0 Å². The van der Waals surface area contributed by atoms with Crippen LogP contribution in [0.2, 0.25) is 0 Å². The van der Waals surface area contributed by atoms with Crippen LogP contribution < -0.4 is 10.6 Å². The number of nitrogens with two attached hydrogens (primary N) is 1. The van der Waals surface area contributed by atoms with Gasteiger partial charge in [-0.1, -0.05) is 19.1 Å². The number of aromatic nitrogens is 1. The number of hydrogen-bond acceptors (Lipinski definition) is 4. The Morgan fingerprint density at radius 1 is 1.39 bits per heavy atom. The van der Waals surface area contributed by atoms with Gasteiger partial charge in [0.05, 0.1) is 0 Å². The van der Waals surface area contributed by atoms with Gasteiger partial charge >= 0.3 is 0 Å². The van der Waals surface area contributed by atoms with Crippen molar-refractivity contribution in [1.82, 2.24) is 9.88 Å². The van der Waals surface area contributed by atoms with Crippen molar-refractivity contribution in [2.45, 2.75) is 13.3 Å². The van der Waals surface area contributed by atoms with Crippen LogP contribution in [-0.2, 0) is 0 Å². The lowest BCUT2D eigenvalue weighted by atomic mass is 10.2. The monoisotopic (exact) mass is 264 g/mol. The van der Waals surface area contributed by atoms with Gasteiger partial charge in [-0.05, 0) is 25.1 Å². The van der Waals surface area contributed by atoms with E-state index >= 15 is 0 Å². The summed E-state index contributed by atoms with van der Waals surface area (Å²) in [6.07, 6.45) is 3.00. The molecule has 0 unspecified atom stereocenters. The summed E-state index contributed by atoms with van der Waals surface area (Å²) >= 11 is 5.00. The Bertz CT molecular complexity index is 413. The van der Waals surface area contributed by atoms with Crippen molar-refractivity contribution >= 4 is 23.0 Å². The van der Waals surface area contributed by atoms with Gasteiger partial charge in [-0.2, -0.15) is 0 Å². The average molecular weight is 264 g/mol. The maximum absolute atomic E-state index is 5.65. The van der Waals surface area contributed by atoms with Crippen molar-refractivity contribution in [2.75, 3.05) is 37.6 Å². The number of rotatable bonds is 4. The lowest BCUT2D eigenvalue weighted by Gasteiger charge is -2.35. The normalized spacial score (nSPS) is 16.8. The van der Waals surface area contributed by atoms with E-state index in [0.717, 1.165) is 37.6 Å². The molecule has 0 radical (unpaired) electrons. The Hall–Kier alpha value is -1.20. The molecule has 1 fully saturated rings. The van der Waals surface area contributed by atoms with E-state index in [0.29, 0.717) is 4.99 Å². The Balaban J connectivity index is 2.01. The highest BCUT2D eigenvalue weighted by Gasteiger charge is 2.17. The van der Waals surface area contributed by atoms with E-state index in [1.54, 1.807) is 6.20 Å². The molecule has 18 heavy (non-hydrogen) atoms. The molecule has 0 aromatic carbocycles. The van der Waals surface area contributed by atoms with E-state index in [4.69, 9.17) is 18.0 Å². The van der Waals surface area contributed by atoms with Crippen LogP contribution in [0, 0.1) is 0 Å². The Morgan fingerprint density at radius 2 is 2.11 bits per heavy atom. The highest BCUT2D eigenvalue weighted by atomic mass is 32.1. The van der Waals surface area contributed by atoms with Crippen LogP contribution in [0.1, 0.15) is 18.9 Å². The molecular formula is C13H20N4S. The fraction of sp³-hybridized carbons (Fsp3) is 0.538. The van der Waals surface area contributed by atoms with E-state index in [-0.39, 0.29) is 0 Å². The smallest absolute Gasteiger partial charge is 0.129 e. The number of piperazine rings is 1. The molecule has 0 saturated carbocycles. The molecule has 1 aliphatic rings. The van der Waals surface area contributed by atoms with Crippen LogP contribution in [0.4, 0.5) is 5.82 Å². The first-order valence-electron chi connectivity index (χ1n) is 6.44. The molecule has 1 aromatic rings. The molecule has 0 aliphatic carbocycles. The second-order valence-electron chi connectivity index (χ2n) is 4.60. The summed E-state index contributed by atoms with van der Waals surface area (Å²) in [6, 6.07) is 3.84. The molecule has 4 nitrogen and oxygen atoms in total. The molecule has 1 aliphatic heterocycles. The van der Waals surface area contributed by atoms with Crippen LogP contribution in [0.3, 0.4) is 0 Å². The quantitative estimate of drug-likeness (QED) is 0.829. The van der Waals surface area contributed by atoms with E-state index in [1.807, 2.05) is 12.1 Å². The SMILES string of the molecule is CCCN1CCN(c2cc(C(N)=S)ccn2)CC1. The minimum absolute atomic E-state index is 0.434. The summed E-state index contributed by atoms with van der Waals surface area (Å²) in [5, 5.41) is 0. The van der Waals surface area contributed by atoms with Crippen molar-refractivity contribution in [1.29, 1.82) is 0 Å². The molecule has 0 amide bonds. The van der Waals surface area contributed by atoms with Gasteiger partial charge in [0.1, 0.15) is 10.8 Å². The Kier molecular flexibility index (Phi) is 4.49. The molecule has 1 saturated heterocycles. The van der Waals surface area contributed by atoms with Crippen molar-refractivity contribution in [3.63, 3.8) is 0 Å². The maximum Gasteiger partial charge on any atom is 0.129 e. The maximum atomic E-state index is 5.65. The first-order valence-corrected chi connectivity index (χ1v) is 6.84. The molecule has 2 rings (SSSR count). The molecule has 0 bridgehead atoms. The summed E-state index contributed by atoms with van der Waals surface area (Å²) in [6.45, 7) is 7.66. The zero-order chi connectivity index (χ0) is 13.0. The van der Waals surface area contributed by atoms with E-state index < -0.39 is 0 Å².